The van der Waals surface area contributed by atoms with E-state index >= 15 is 0 Å². The Balaban J connectivity index is 1.41. The van der Waals surface area contributed by atoms with E-state index in [1.165, 1.54) is 0 Å². The lowest BCUT2D eigenvalue weighted by molar-refractivity contribution is -0.116. The van der Waals surface area contributed by atoms with Crippen molar-refractivity contribution in [3.05, 3.63) is 105 Å². The molecule has 4 aromatic rings. The number of carbonyl (C=O) groups is 1. The number of nitrogens with one attached hydrogen (secondary N) is 3. The van der Waals surface area contributed by atoms with Gasteiger partial charge in [-0.2, -0.15) is 0 Å². The van der Waals surface area contributed by atoms with Gasteiger partial charge >= 0.3 is 0 Å². The maximum atomic E-state index is 13.9. The van der Waals surface area contributed by atoms with E-state index in [0.717, 1.165) is 16.8 Å². The van der Waals surface area contributed by atoms with Crippen LogP contribution >= 0.6 is 0 Å². The number of carbonyl (C=O) groups excluding carboxylic acids is 1. The van der Waals surface area contributed by atoms with Crippen LogP contribution in [-0.2, 0) is 4.79 Å². The summed E-state index contributed by atoms with van der Waals surface area (Å²) < 4.78 is 22.6. The van der Waals surface area contributed by atoms with Gasteiger partial charge in [-0.3, -0.25) is 19.8 Å². The second-order valence-electron chi connectivity index (χ2n) is 9.79. The molecule has 1 aliphatic heterocycles. The fraction of sp³-hybridized carbons (Fsp3) is 0.226. The highest BCUT2D eigenvalue weighted by molar-refractivity contribution is 6.01. The van der Waals surface area contributed by atoms with E-state index in [9.17, 15) is 9.59 Å². The lowest BCUT2D eigenvalue weighted by atomic mass is 9.72. The summed E-state index contributed by atoms with van der Waals surface area (Å²) in [6.45, 7) is 0. The quantitative estimate of drug-likeness (QED) is 0.285. The van der Waals surface area contributed by atoms with Crippen molar-refractivity contribution < 1.29 is 23.7 Å². The molecular formula is C31H29N3O6. The number of Topliss-reactive ketones (excluding diaryl/α,β-unsaturated/α-hetero) is 1. The fourth-order valence-corrected chi connectivity index (χ4v) is 5.71. The Morgan fingerprint density at radius 1 is 0.750 bits per heavy atom. The summed E-state index contributed by atoms with van der Waals surface area (Å²) in [5, 5.41) is 8.97. The first-order valence-electron chi connectivity index (χ1n) is 13.0. The molecule has 3 aromatic carbocycles. The molecule has 0 saturated carbocycles. The molecular weight excluding hydrogens is 510 g/mol. The van der Waals surface area contributed by atoms with E-state index in [1.807, 2.05) is 66.7 Å². The van der Waals surface area contributed by atoms with Crippen LogP contribution in [0.2, 0.25) is 0 Å². The zero-order chi connectivity index (χ0) is 27.8. The largest absolute Gasteiger partial charge is 0.493 e. The van der Waals surface area contributed by atoms with Crippen molar-refractivity contribution in [2.24, 2.45) is 0 Å². The Kier molecular flexibility index (Phi) is 6.55. The summed E-state index contributed by atoms with van der Waals surface area (Å²) in [6.07, 6.45) is 0.830. The molecule has 0 unspecified atom stereocenters. The number of rotatable bonds is 7. The van der Waals surface area contributed by atoms with Gasteiger partial charge in [0.25, 0.3) is 5.56 Å². The van der Waals surface area contributed by atoms with Crippen LogP contribution in [0.1, 0.15) is 41.4 Å². The normalized spacial score (nSPS) is 17.9. The minimum atomic E-state index is -0.547. The molecule has 6 rings (SSSR count). The lowest BCUT2D eigenvalue weighted by Crippen LogP contribution is -2.31. The van der Waals surface area contributed by atoms with Crippen molar-refractivity contribution in [3.8, 4) is 28.7 Å². The van der Waals surface area contributed by atoms with Crippen molar-refractivity contribution in [2.45, 2.75) is 24.7 Å². The van der Waals surface area contributed by atoms with Crippen LogP contribution in [-0.4, -0.2) is 37.3 Å². The van der Waals surface area contributed by atoms with Crippen LogP contribution in [0.4, 0.5) is 5.82 Å². The molecule has 0 fully saturated rings. The smallest absolute Gasteiger partial charge is 0.270 e. The molecule has 3 N–H and O–H groups in total. The first-order chi connectivity index (χ1) is 19.5. The van der Waals surface area contributed by atoms with Gasteiger partial charge < -0.3 is 24.3 Å². The van der Waals surface area contributed by atoms with Crippen LogP contribution < -0.4 is 29.8 Å². The predicted molar refractivity (Wildman–Crippen MR) is 150 cm³/mol. The molecule has 40 heavy (non-hydrogen) atoms. The molecule has 9 nitrogen and oxygen atoms in total. The van der Waals surface area contributed by atoms with Crippen molar-refractivity contribution in [1.82, 2.24) is 10.2 Å². The second kappa shape index (κ2) is 10.3. The molecule has 1 aromatic heterocycles. The Morgan fingerprint density at radius 2 is 1.48 bits per heavy atom. The highest BCUT2D eigenvalue weighted by Crippen LogP contribution is 2.49. The Bertz CT molecular complexity index is 1640. The van der Waals surface area contributed by atoms with Gasteiger partial charge in [0.1, 0.15) is 17.3 Å². The van der Waals surface area contributed by atoms with E-state index in [4.69, 9.17) is 18.9 Å². The van der Waals surface area contributed by atoms with Crippen LogP contribution in [0.25, 0.3) is 0 Å². The van der Waals surface area contributed by atoms with Gasteiger partial charge in [-0.25, -0.2) is 0 Å². The average Bonchev–Trinajstić information content (AvgIpc) is 3.35. The van der Waals surface area contributed by atoms with Gasteiger partial charge in [-0.05, 0) is 59.9 Å². The molecule has 0 bridgehead atoms. The molecule has 2 aliphatic rings. The highest BCUT2D eigenvalue weighted by atomic mass is 16.5. The number of fused-ring (bicyclic) bond motifs is 1. The van der Waals surface area contributed by atoms with E-state index in [1.54, 1.807) is 21.3 Å². The predicted octanol–water partition coefficient (Wildman–Crippen LogP) is 5.48. The average molecular weight is 540 g/mol. The number of aromatic amines is 2. The van der Waals surface area contributed by atoms with Crippen molar-refractivity contribution in [2.75, 3.05) is 26.6 Å². The van der Waals surface area contributed by atoms with Crippen molar-refractivity contribution >= 4 is 11.6 Å². The van der Waals surface area contributed by atoms with Crippen LogP contribution in [0, 0.1) is 0 Å². The van der Waals surface area contributed by atoms with E-state index < -0.39 is 5.92 Å². The second-order valence-corrected chi connectivity index (χ2v) is 9.79. The minimum absolute atomic E-state index is 0.0295. The zero-order valence-electron chi connectivity index (χ0n) is 22.4. The number of hydrogen-bond donors (Lipinski definition) is 3. The molecule has 2 heterocycles. The van der Waals surface area contributed by atoms with E-state index in [-0.39, 0.29) is 23.7 Å². The van der Waals surface area contributed by atoms with Gasteiger partial charge in [0, 0.05) is 23.6 Å². The van der Waals surface area contributed by atoms with Crippen molar-refractivity contribution in [3.63, 3.8) is 0 Å². The third kappa shape index (κ3) is 4.39. The third-order valence-electron chi connectivity index (χ3n) is 7.50. The summed E-state index contributed by atoms with van der Waals surface area (Å²) in [6, 6.07) is 20.8. The number of aromatic nitrogens is 2. The van der Waals surface area contributed by atoms with Gasteiger partial charge in [-0.15, -0.1) is 0 Å². The van der Waals surface area contributed by atoms with Gasteiger partial charge in [-0.1, -0.05) is 30.3 Å². The molecule has 0 saturated heterocycles. The zero-order valence-corrected chi connectivity index (χ0v) is 22.4. The minimum Gasteiger partial charge on any atom is -0.493 e. The van der Waals surface area contributed by atoms with Gasteiger partial charge in [0.2, 0.25) is 5.75 Å². The van der Waals surface area contributed by atoms with Crippen LogP contribution in [0.5, 0.6) is 28.7 Å². The molecule has 0 amide bonds. The maximum Gasteiger partial charge on any atom is 0.270 e. The molecule has 9 heteroatoms. The summed E-state index contributed by atoms with van der Waals surface area (Å²) >= 11 is 0. The van der Waals surface area contributed by atoms with Gasteiger partial charge in [0.15, 0.2) is 17.3 Å². The SMILES string of the molecule is COc1cc([C@@H]2CC(=O)C3=C(C2)Nc2[nH][nH]c(=O)c2[C@H]3c2cccc(Oc3ccccc3)c2)cc(OC)c1OC. The topological polar surface area (TPSA) is 115 Å². The van der Waals surface area contributed by atoms with Crippen LogP contribution in [0.3, 0.4) is 0 Å². The lowest BCUT2D eigenvalue weighted by Gasteiger charge is -2.35. The Hall–Kier alpha value is -4.92. The molecule has 0 spiro atoms. The van der Waals surface area contributed by atoms with E-state index in [0.29, 0.717) is 52.1 Å². The van der Waals surface area contributed by atoms with Crippen molar-refractivity contribution in [1.29, 1.82) is 0 Å². The van der Waals surface area contributed by atoms with Crippen LogP contribution in [0.15, 0.2) is 82.8 Å². The Labute approximate surface area is 230 Å². The molecule has 204 valence electrons. The number of methoxy groups -OCH3 is 3. The molecule has 2 atom stereocenters. The fourth-order valence-electron chi connectivity index (χ4n) is 5.71. The number of anilines is 1. The number of benzene rings is 3. The van der Waals surface area contributed by atoms with Gasteiger partial charge in [0.05, 0.1) is 26.9 Å². The summed E-state index contributed by atoms with van der Waals surface area (Å²) in [4.78, 5) is 26.9. The number of para-hydroxylation sites is 1. The monoisotopic (exact) mass is 539 g/mol. The first kappa shape index (κ1) is 25.4. The standard InChI is InChI=1S/C31H29N3O6/c1-37-24-15-19(16-25(38-2)29(24)39-3)18-13-22-27(23(35)14-18)26(28-30(32-22)33-34-31(28)36)17-8-7-11-21(12-17)40-20-9-5-4-6-10-20/h4-12,15-16,18,26H,13-14H2,1-3H3,(H3,32,33,34,36)/t18-,26-/m0/s1. The maximum absolute atomic E-state index is 13.9. The number of allylic oxidation sites excluding steroid dienone is 2. The number of hydrogen-bond acceptors (Lipinski definition) is 7. The number of ether oxygens (including phenoxy) is 4. The van der Waals surface area contributed by atoms with E-state index in [2.05, 4.69) is 15.5 Å². The third-order valence-corrected chi connectivity index (χ3v) is 7.50. The number of H-pyrrole nitrogens is 2. The highest BCUT2D eigenvalue weighted by Gasteiger charge is 2.41. The number of ketones is 1. The molecule has 1 aliphatic carbocycles. The molecule has 0 radical (unpaired) electrons. The summed E-state index contributed by atoms with van der Waals surface area (Å²) in [5.41, 5.74) is 3.28. The Morgan fingerprint density at radius 3 is 2.17 bits per heavy atom. The summed E-state index contributed by atoms with van der Waals surface area (Å²) in [7, 11) is 4.70. The first-order valence-corrected chi connectivity index (χ1v) is 13.0. The summed E-state index contributed by atoms with van der Waals surface area (Å²) in [5.74, 6) is 2.74.